The molecule has 1 heterocycles. The number of nitrogens with one attached hydrogen (secondary N) is 2. The van der Waals surface area contributed by atoms with Crippen LogP contribution < -0.4 is 5.32 Å². The molecule has 3 heteroatoms. The van der Waals surface area contributed by atoms with Crippen LogP contribution in [-0.4, -0.2) is 11.5 Å². The Labute approximate surface area is 107 Å². The summed E-state index contributed by atoms with van der Waals surface area (Å²) >= 11 is 6.27. The molecular weight excluding hydrogens is 232 g/mol. The predicted molar refractivity (Wildman–Crippen MR) is 73.2 cm³/mol. The molecular formula is C14H17ClN2. The van der Waals surface area contributed by atoms with Crippen LogP contribution in [0.15, 0.2) is 36.5 Å². The molecule has 0 fully saturated rings. The third-order valence-corrected chi connectivity index (χ3v) is 3.06. The average Bonchev–Trinajstić information content (AvgIpc) is 2.85. The summed E-state index contributed by atoms with van der Waals surface area (Å²) in [6, 6.07) is 10.2. The van der Waals surface area contributed by atoms with Crippen LogP contribution in [0.1, 0.15) is 18.9 Å². The van der Waals surface area contributed by atoms with Crippen LogP contribution in [0.5, 0.6) is 0 Å². The molecule has 0 aliphatic rings. The van der Waals surface area contributed by atoms with Gasteiger partial charge in [-0.15, -0.1) is 0 Å². The van der Waals surface area contributed by atoms with Gasteiger partial charge in [-0.1, -0.05) is 30.7 Å². The molecule has 90 valence electrons. The highest BCUT2D eigenvalue weighted by Gasteiger charge is 2.03. The Kier molecular flexibility index (Phi) is 4.24. The fraction of sp³-hybridized carbons (Fsp3) is 0.286. The van der Waals surface area contributed by atoms with Crippen LogP contribution in [0.25, 0.3) is 11.3 Å². The van der Waals surface area contributed by atoms with E-state index in [1.54, 1.807) is 0 Å². The molecule has 2 rings (SSSR count). The van der Waals surface area contributed by atoms with Gasteiger partial charge in [-0.05, 0) is 42.3 Å². The first-order valence-corrected chi connectivity index (χ1v) is 6.32. The van der Waals surface area contributed by atoms with Crippen molar-refractivity contribution in [2.75, 3.05) is 6.54 Å². The van der Waals surface area contributed by atoms with Gasteiger partial charge in [0.2, 0.25) is 0 Å². The fourth-order valence-corrected chi connectivity index (χ4v) is 2.02. The molecule has 1 aromatic carbocycles. The zero-order chi connectivity index (χ0) is 12.1. The van der Waals surface area contributed by atoms with Crippen molar-refractivity contribution >= 4 is 11.6 Å². The molecule has 0 spiro atoms. The average molecular weight is 249 g/mol. The third kappa shape index (κ3) is 3.11. The van der Waals surface area contributed by atoms with Gasteiger partial charge in [-0.25, -0.2) is 0 Å². The zero-order valence-corrected chi connectivity index (χ0v) is 10.7. The number of aromatic nitrogens is 1. The van der Waals surface area contributed by atoms with Crippen molar-refractivity contribution in [1.29, 1.82) is 0 Å². The van der Waals surface area contributed by atoms with E-state index in [4.69, 9.17) is 11.6 Å². The Hall–Kier alpha value is -1.25. The second-order valence-corrected chi connectivity index (χ2v) is 4.47. The summed E-state index contributed by atoms with van der Waals surface area (Å²) in [4.78, 5) is 3.18. The lowest BCUT2D eigenvalue weighted by Crippen LogP contribution is -2.13. The monoisotopic (exact) mass is 248 g/mol. The lowest BCUT2D eigenvalue weighted by molar-refractivity contribution is 0.675. The number of rotatable bonds is 5. The topological polar surface area (TPSA) is 27.8 Å². The van der Waals surface area contributed by atoms with Crippen molar-refractivity contribution in [3.8, 4) is 11.3 Å². The Morgan fingerprint density at radius 2 is 2.18 bits per heavy atom. The molecule has 0 atom stereocenters. The van der Waals surface area contributed by atoms with Crippen molar-refractivity contribution in [1.82, 2.24) is 10.3 Å². The second-order valence-electron chi connectivity index (χ2n) is 4.07. The maximum absolute atomic E-state index is 6.27. The minimum atomic E-state index is 0.820. The molecule has 0 unspecified atom stereocenters. The molecule has 2 nitrogen and oxygen atoms in total. The number of hydrogen-bond acceptors (Lipinski definition) is 1. The molecule has 0 aliphatic heterocycles. The first kappa shape index (κ1) is 12.2. The van der Waals surface area contributed by atoms with E-state index < -0.39 is 0 Å². The minimum Gasteiger partial charge on any atom is -0.361 e. The SMILES string of the molecule is CCCNCc1ccc(-c2ccc[nH]2)cc1Cl. The predicted octanol–water partition coefficient (Wildman–Crippen LogP) is 3.83. The molecule has 0 bridgehead atoms. The second kappa shape index (κ2) is 5.89. The van der Waals surface area contributed by atoms with Crippen molar-refractivity contribution in [3.63, 3.8) is 0 Å². The molecule has 0 amide bonds. The van der Waals surface area contributed by atoms with E-state index in [1.165, 1.54) is 0 Å². The molecule has 17 heavy (non-hydrogen) atoms. The van der Waals surface area contributed by atoms with Crippen LogP contribution in [0.2, 0.25) is 5.02 Å². The summed E-state index contributed by atoms with van der Waals surface area (Å²) < 4.78 is 0. The maximum Gasteiger partial charge on any atom is 0.0457 e. The highest BCUT2D eigenvalue weighted by molar-refractivity contribution is 6.31. The lowest BCUT2D eigenvalue weighted by Gasteiger charge is -2.07. The van der Waals surface area contributed by atoms with Gasteiger partial charge in [0.1, 0.15) is 0 Å². The number of H-pyrrole nitrogens is 1. The quantitative estimate of drug-likeness (QED) is 0.774. The summed E-state index contributed by atoms with van der Waals surface area (Å²) in [5, 5.41) is 4.17. The van der Waals surface area contributed by atoms with Crippen molar-refractivity contribution in [2.24, 2.45) is 0 Å². The van der Waals surface area contributed by atoms with Crippen molar-refractivity contribution in [2.45, 2.75) is 19.9 Å². The summed E-state index contributed by atoms with van der Waals surface area (Å²) in [6.45, 7) is 4.01. The summed E-state index contributed by atoms with van der Waals surface area (Å²) in [6.07, 6.45) is 3.05. The van der Waals surface area contributed by atoms with E-state index in [1.807, 2.05) is 24.4 Å². The molecule has 1 aromatic heterocycles. The van der Waals surface area contributed by atoms with Crippen LogP contribution in [0.3, 0.4) is 0 Å². The van der Waals surface area contributed by atoms with Crippen molar-refractivity contribution in [3.05, 3.63) is 47.1 Å². The number of aromatic amines is 1. The highest BCUT2D eigenvalue weighted by atomic mass is 35.5. The van der Waals surface area contributed by atoms with E-state index in [9.17, 15) is 0 Å². The van der Waals surface area contributed by atoms with E-state index in [0.717, 1.165) is 41.4 Å². The van der Waals surface area contributed by atoms with Crippen LogP contribution in [0.4, 0.5) is 0 Å². The maximum atomic E-state index is 6.27. The van der Waals surface area contributed by atoms with Gasteiger partial charge in [0.15, 0.2) is 0 Å². The summed E-state index contributed by atoms with van der Waals surface area (Å²) in [5.74, 6) is 0. The molecule has 2 aromatic rings. The Balaban J connectivity index is 2.12. The number of hydrogen-bond donors (Lipinski definition) is 2. The van der Waals surface area contributed by atoms with Crippen molar-refractivity contribution < 1.29 is 0 Å². The molecule has 0 radical (unpaired) electrons. The summed E-state index contributed by atoms with van der Waals surface area (Å²) in [7, 11) is 0. The summed E-state index contributed by atoms with van der Waals surface area (Å²) in [5.41, 5.74) is 3.37. The standard InChI is InChI=1S/C14H17ClN2/c1-2-7-16-10-12-6-5-11(9-13(12)15)14-4-3-8-17-14/h3-6,8-9,16-17H,2,7,10H2,1H3. The zero-order valence-electron chi connectivity index (χ0n) is 9.96. The van der Waals surface area contributed by atoms with E-state index in [-0.39, 0.29) is 0 Å². The van der Waals surface area contributed by atoms with Crippen LogP contribution >= 0.6 is 11.6 Å². The first-order chi connectivity index (χ1) is 8.31. The Morgan fingerprint density at radius 1 is 1.29 bits per heavy atom. The Bertz CT molecular complexity index is 463. The first-order valence-electron chi connectivity index (χ1n) is 5.94. The third-order valence-electron chi connectivity index (χ3n) is 2.70. The normalized spacial score (nSPS) is 10.7. The van der Waals surface area contributed by atoms with Crippen LogP contribution in [-0.2, 0) is 6.54 Å². The van der Waals surface area contributed by atoms with Gasteiger partial charge in [0.05, 0.1) is 0 Å². The molecule has 0 saturated carbocycles. The van der Waals surface area contributed by atoms with Gasteiger partial charge in [0.25, 0.3) is 0 Å². The molecule has 0 aliphatic carbocycles. The smallest absolute Gasteiger partial charge is 0.0457 e. The van der Waals surface area contributed by atoms with E-state index in [0.29, 0.717) is 0 Å². The Morgan fingerprint density at radius 3 is 2.82 bits per heavy atom. The van der Waals surface area contributed by atoms with Gasteiger partial charge in [0, 0.05) is 23.5 Å². The van der Waals surface area contributed by atoms with E-state index >= 15 is 0 Å². The van der Waals surface area contributed by atoms with Crippen LogP contribution in [0, 0.1) is 0 Å². The fourth-order valence-electron chi connectivity index (χ4n) is 1.77. The van der Waals surface area contributed by atoms with Gasteiger partial charge >= 0.3 is 0 Å². The molecule has 0 saturated heterocycles. The number of benzene rings is 1. The van der Waals surface area contributed by atoms with E-state index in [2.05, 4.69) is 29.4 Å². The largest absolute Gasteiger partial charge is 0.361 e. The number of halogens is 1. The molecule has 2 N–H and O–H groups in total. The lowest BCUT2D eigenvalue weighted by atomic mass is 10.1. The highest BCUT2D eigenvalue weighted by Crippen LogP contribution is 2.24. The van der Waals surface area contributed by atoms with Gasteiger partial charge < -0.3 is 10.3 Å². The van der Waals surface area contributed by atoms with Gasteiger partial charge in [-0.3, -0.25) is 0 Å². The minimum absolute atomic E-state index is 0.820. The van der Waals surface area contributed by atoms with Gasteiger partial charge in [-0.2, -0.15) is 0 Å².